The summed E-state index contributed by atoms with van der Waals surface area (Å²) >= 11 is 3.42. The Kier molecular flexibility index (Phi) is 11.6. The number of amides is 4. The van der Waals surface area contributed by atoms with Crippen molar-refractivity contribution in [2.45, 2.75) is 109 Å². The summed E-state index contributed by atoms with van der Waals surface area (Å²) in [6.07, 6.45) is 8.98. The number of benzene rings is 1. The third-order valence-corrected chi connectivity index (χ3v) is 13.6. The van der Waals surface area contributed by atoms with Crippen LogP contribution in [0.5, 0.6) is 0 Å². The molecule has 1 aromatic carbocycles. The maximum absolute atomic E-state index is 14.0. The number of fused-ring (bicyclic) bond motifs is 1. The van der Waals surface area contributed by atoms with Gasteiger partial charge in [0.15, 0.2) is 0 Å². The number of hydrogen-bond acceptors (Lipinski definition) is 7. The van der Waals surface area contributed by atoms with Gasteiger partial charge in [-0.2, -0.15) is 0 Å². The number of carbonyl (C=O) groups excluding carboxylic acids is 3. The average molecular weight is 709 g/mol. The van der Waals surface area contributed by atoms with Gasteiger partial charge in [-0.3, -0.25) is 9.59 Å². The molecule has 0 saturated carbocycles. The second-order valence-corrected chi connectivity index (χ2v) is 18.4. The van der Waals surface area contributed by atoms with Gasteiger partial charge in [0.2, 0.25) is 11.8 Å². The lowest BCUT2D eigenvalue weighted by atomic mass is 9.92. The van der Waals surface area contributed by atoms with Gasteiger partial charge in [-0.05, 0) is 87.5 Å². The van der Waals surface area contributed by atoms with Crippen molar-refractivity contribution in [1.29, 1.82) is 0 Å². The van der Waals surface area contributed by atoms with Crippen LogP contribution in [0.25, 0.3) is 0 Å². The Hall–Kier alpha value is -2.63. The van der Waals surface area contributed by atoms with Gasteiger partial charge in [0.25, 0.3) is 0 Å². The molecule has 9 nitrogen and oxygen atoms in total. The van der Waals surface area contributed by atoms with Crippen molar-refractivity contribution in [2.75, 3.05) is 51.1 Å². The van der Waals surface area contributed by atoms with Gasteiger partial charge >= 0.3 is 6.03 Å². The molecule has 4 amide bonds. The van der Waals surface area contributed by atoms with Crippen molar-refractivity contribution in [1.82, 2.24) is 24.6 Å². The van der Waals surface area contributed by atoms with Crippen LogP contribution in [0.2, 0.25) is 0 Å². The Labute approximate surface area is 301 Å². The largest absolute Gasteiger partial charge is 0.342 e. The molecule has 49 heavy (non-hydrogen) atoms. The number of aromatic nitrogens is 1. The third kappa shape index (κ3) is 9.00. The summed E-state index contributed by atoms with van der Waals surface area (Å²) in [6.45, 7) is 17.2. The number of anilines is 1. The number of likely N-dealkylation sites (tertiary alicyclic amines) is 2. The summed E-state index contributed by atoms with van der Waals surface area (Å²) in [5, 5.41) is 3.80. The van der Waals surface area contributed by atoms with E-state index in [4.69, 9.17) is 4.98 Å². The molecule has 0 radical (unpaired) electrons. The van der Waals surface area contributed by atoms with Crippen LogP contribution < -0.4 is 5.32 Å². The summed E-state index contributed by atoms with van der Waals surface area (Å²) in [4.78, 5) is 55.3. The van der Waals surface area contributed by atoms with Gasteiger partial charge in [-0.15, -0.1) is 23.1 Å². The highest BCUT2D eigenvalue weighted by Gasteiger charge is 2.44. The zero-order valence-electron chi connectivity index (χ0n) is 30.2. The number of nitrogens with zero attached hydrogens (tertiary/aromatic N) is 5. The molecule has 4 aliphatic heterocycles. The van der Waals surface area contributed by atoms with E-state index in [2.05, 4.69) is 50.9 Å². The third-order valence-electron chi connectivity index (χ3n) is 10.7. The zero-order valence-corrected chi connectivity index (χ0v) is 31.8. The number of para-hydroxylation sites is 1. The number of nitrogens with one attached hydrogen (secondary N) is 1. The van der Waals surface area contributed by atoms with Gasteiger partial charge in [-0.1, -0.05) is 52.8 Å². The molecule has 0 bridgehead atoms. The number of rotatable bonds is 10. The predicted molar refractivity (Wildman–Crippen MR) is 200 cm³/mol. The van der Waals surface area contributed by atoms with E-state index in [0.29, 0.717) is 32.1 Å². The van der Waals surface area contributed by atoms with Crippen LogP contribution in [0.1, 0.15) is 106 Å². The lowest BCUT2D eigenvalue weighted by Gasteiger charge is -2.38. The van der Waals surface area contributed by atoms with Crippen LogP contribution in [0.3, 0.4) is 0 Å². The second-order valence-electron chi connectivity index (χ2n) is 16.1. The molecule has 1 aromatic heterocycles. The van der Waals surface area contributed by atoms with Gasteiger partial charge < -0.3 is 24.9 Å². The van der Waals surface area contributed by atoms with Gasteiger partial charge in [0.1, 0.15) is 5.37 Å². The minimum absolute atomic E-state index is 0.0441. The Morgan fingerprint density at radius 3 is 2.45 bits per heavy atom. The van der Waals surface area contributed by atoms with Crippen LogP contribution in [-0.2, 0) is 16.0 Å². The van der Waals surface area contributed by atoms with E-state index in [9.17, 15) is 14.4 Å². The average Bonchev–Trinajstić information content (AvgIpc) is 3.63. The maximum Gasteiger partial charge on any atom is 0.322 e. The molecular formula is C38H56N6O3S2. The first-order valence-electron chi connectivity index (χ1n) is 18.5. The molecule has 1 unspecified atom stereocenters. The topological polar surface area (TPSA) is 89.1 Å². The van der Waals surface area contributed by atoms with Crippen LogP contribution in [-0.4, -0.2) is 99.5 Å². The number of carbonyl (C=O) groups is 3. The zero-order chi connectivity index (χ0) is 34.7. The number of thiazole rings is 1. The number of thioether (sulfide) groups is 1. The van der Waals surface area contributed by atoms with Crippen molar-refractivity contribution in [2.24, 2.45) is 11.3 Å². The normalized spacial score (nSPS) is 23.3. The molecule has 3 fully saturated rings. The first kappa shape index (κ1) is 36.2. The van der Waals surface area contributed by atoms with Crippen molar-refractivity contribution in [3.05, 3.63) is 45.9 Å². The Morgan fingerprint density at radius 1 is 1.00 bits per heavy atom. The van der Waals surface area contributed by atoms with Gasteiger partial charge in [-0.25, -0.2) is 9.78 Å². The van der Waals surface area contributed by atoms with E-state index in [-0.39, 0.29) is 46.3 Å². The SMILES string of the molecule is CC(C)CCN1CCC(c2ncc(C3S[C@@H](CC(=O)N4CCC(N5CCc6ccccc6NC5=O)CC4)C(=O)N3CCC(C)(C)C)s2)CC1. The lowest BCUT2D eigenvalue weighted by molar-refractivity contribution is -0.137. The van der Waals surface area contributed by atoms with Crippen LogP contribution in [0, 0.1) is 11.3 Å². The minimum atomic E-state index is -0.389. The molecule has 1 N–H and O–H groups in total. The first-order chi connectivity index (χ1) is 23.4. The van der Waals surface area contributed by atoms with Crippen LogP contribution in [0.15, 0.2) is 30.5 Å². The fourth-order valence-electron chi connectivity index (χ4n) is 7.53. The summed E-state index contributed by atoms with van der Waals surface area (Å²) < 4.78 is 0. The fraction of sp³-hybridized carbons (Fsp3) is 0.684. The van der Waals surface area contributed by atoms with Crippen LogP contribution >= 0.6 is 23.1 Å². The number of piperidine rings is 2. The summed E-state index contributed by atoms with van der Waals surface area (Å²) in [7, 11) is 0. The van der Waals surface area contributed by atoms with E-state index < -0.39 is 0 Å². The molecule has 0 spiro atoms. The maximum atomic E-state index is 14.0. The summed E-state index contributed by atoms with van der Waals surface area (Å²) in [6, 6.07) is 8.05. The highest BCUT2D eigenvalue weighted by atomic mass is 32.2. The highest BCUT2D eigenvalue weighted by molar-refractivity contribution is 8.01. The molecule has 2 atom stereocenters. The standard InChI is InChI=1S/C38H56N6O3S2/c1-26(2)10-17-41-18-11-28(12-19-41)34-39-25-32(48-34)36-44(23-16-38(3,4)5)35(46)31(49-36)24-33(45)42-20-14-29(15-21-42)43-22-13-27-8-6-7-9-30(27)40-37(43)47/h6-9,25-26,28-29,31,36H,10-24H2,1-5H3,(H,40,47)/t31-,36?/m0/s1. The lowest BCUT2D eigenvalue weighted by Crippen LogP contribution is -2.50. The first-order valence-corrected chi connectivity index (χ1v) is 20.3. The molecule has 5 heterocycles. The quantitative estimate of drug-likeness (QED) is 0.281. The molecule has 2 aromatic rings. The van der Waals surface area contributed by atoms with Gasteiger partial charge in [0, 0.05) is 56.4 Å². The second kappa shape index (κ2) is 15.7. The highest BCUT2D eigenvalue weighted by Crippen LogP contribution is 2.47. The Morgan fingerprint density at radius 2 is 1.73 bits per heavy atom. The van der Waals surface area contributed by atoms with E-state index in [1.165, 1.54) is 18.0 Å². The Balaban J connectivity index is 1.05. The molecule has 0 aliphatic carbocycles. The summed E-state index contributed by atoms with van der Waals surface area (Å²) in [5.74, 6) is 1.34. The van der Waals surface area contributed by atoms with Crippen molar-refractivity contribution in [3.8, 4) is 0 Å². The minimum Gasteiger partial charge on any atom is -0.342 e. The fourth-order valence-corrected chi connectivity index (χ4v) is 10.3. The molecule has 4 aliphatic rings. The van der Waals surface area contributed by atoms with Crippen molar-refractivity contribution >= 4 is 46.6 Å². The van der Waals surface area contributed by atoms with E-state index in [1.807, 2.05) is 39.1 Å². The van der Waals surface area contributed by atoms with Crippen LogP contribution in [0.4, 0.5) is 10.5 Å². The predicted octanol–water partition coefficient (Wildman–Crippen LogP) is 7.22. The van der Waals surface area contributed by atoms with Crippen molar-refractivity contribution < 1.29 is 14.4 Å². The van der Waals surface area contributed by atoms with Gasteiger partial charge in [0.05, 0.1) is 15.1 Å². The smallest absolute Gasteiger partial charge is 0.322 e. The summed E-state index contributed by atoms with van der Waals surface area (Å²) in [5.41, 5.74) is 2.15. The van der Waals surface area contributed by atoms with E-state index in [0.717, 1.165) is 73.7 Å². The molecule has 11 heteroatoms. The van der Waals surface area contributed by atoms with Crippen molar-refractivity contribution in [3.63, 3.8) is 0 Å². The van der Waals surface area contributed by atoms with E-state index in [1.54, 1.807) is 23.1 Å². The molecule has 3 saturated heterocycles. The monoisotopic (exact) mass is 708 g/mol. The Bertz CT molecular complexity index is 1460. The molecule has 268 valence electrons. The van der Waals surface area contributed by atoms with E-state index >= 15 is 0 Å². The number of hydrogen-bond donors (Lipinski definition) is 1. The molecule has 6 rings (SSSR count). The number of urea groups is 1. The molecular weight excluding hydrogens is 653 g/mol.